The summed E-state index contributed by atoms with van der Waals surface area (Å²) in [6.07, 6.45) is 3.28. The summed E-state index contributed by atoms with van der Waals surface area (Å²) in [5, 5.41) is 8.76. The number of benzene rings is 1. The van der Waals surface area contributed by atoms with Gasteiger partial charge in [0.05, 0.1) is 18.1 Å². The van der Waals surface area contributed by atoms with Crippen molar-refractivity contribution in [2.24, 2.45) is 0 Å². The highest BCUT2D eigenvalue weighted by molar-refractivity contribution is 6.30. The van der Waals surface area contributed by atoms with Gasteiger partial charge in [0.25, 0.3) is 0 Å². The third-order valence-corrected chi connectivity index (χ3v) is 2.04. The van der Waals surface area contributed by atoms with Crippen LogP contribution in [0.3, 0.4) is 0 Å². The predicted octanol–water partition coefficient (Wildman–Crippen LogP) is 3.26. The number of halogens is 1. The van der Waals surface area contributed by atoms with Crippen LogP contribution in [0, 0.1) is 6.92 Å². The van der Waals surface area contributed by atoms with Crippen molar-refractivity contribution in [3.63, 3.8) is 0 Å². The van der Waals surface area contributed by atoms with Crippen LogP contribution in [0.1, 0.15) is 19.4 Å². The monoisotopic (exact) mass is 223 g/mol. The molecule has 2 aromatic rings. The van der Waals surface area contributed by atoms with E-state index < -0.39 is 0 Å². The molecule has 0 amide bonds. The van der Waals surface area contributed by atoms with E-state index >= 15 is 0 Å². The smallest absolute Gasteiger partial charge is 0.0900 e. The van der Waals surface area contributed by atoms with Crippen LogP contribution in [0.4, 0.5) is 0 Å². The van der Waals surface area contributed by atoms with Crippen LogP contribution in [0.25, 0.3) is 5.69 Å². The molecule has 0 saturated heterocycles. The van der Waals surface area contributed by atoms with Crippen molar-refractivity contribution in [1.29, 1.82) is 0 Å². The molecule has 0 aliphatic rings. The molecule has 0 fully saturated rings. The molecule has 0 atom stereocenters. The van der Waals surface area contributed by atoms with Gasteiger partial charge in [-0.1, -0.05) is 31.5 Å². The van der Waals surface area contributed by atoms with Gasteiger partial charge in [-0.05, 0) is 24.6 Å². The van der Waals surface area contributed by atoms with E-state index in [0.29, 0.717) is 5.02 Å². The SMILES string of the molecule is CC.Cc1ccc(Cl)cc1-n1nccn1. The summed E-state index contributed by atoms with van der Waals surface area (Å²) in [4.78, 5) is 1.56. The number of aromatic nitrogens is 3. The maximum absolute atomic E-state index is 5.86. The van der Waals surface area contributed by atoms with Crippen molar-refractivity contribution in [3.8, 4) is 5.69 Å². The van der Waals surface area contributed by atoms with E-state index in [9.17, 15) is 0 Å². The lowest BCUT2D eigenvalue weighted by Crippen LogP contribution is -2.00. The highest BCUT2D eigenvalue weighted by Gasteiger charge is 2.02. The zero-order valence-electron chi connectivity index (χ0n) is 9.11. The minimum absolute atomic E-state index is 0.693. The molecular formula is C11H14ClN3. The van der Waals surface area contributed by atoms with Crippen molar-refractivity contribution in [2.45, 2.75) is 20.8 Å². The summed E-state index contributed by atoms with van der Waals surface area (Å²) >= 11 is 5.86. The van der Waals surface area contributed by atoms with E-state index in [4.69, 9.17) is 11.6 Å². The van der Waals surface area contributed by atoms with Crippen LogP contribution < -0.4 is 0 Å². The Balaban J connectivity index is 0.000000531. The van der Waals surface area contributed by atoms with Gasteiger partial charge in [0.1, 0.15) is 0 Å². The Morgan fingerprint density at radius 1 is 1.13 bits per heavy atom. The first-order chi connectivity index (χ1) is 7.27. The van der Waals surface area contributed by atoms with Crippen molar-refractivity contribution < 1.29 is 0 Å². The van der Waals surface area contributed by atoms with E-state index in [1.54, 1.807) is 17.2 Å². The van der Waals surface area contributed by atoms with Crippen LogP contribution in [0.2, 0.25) is 5.02 Å². The molecule has 3 nitrogen and oxygen atoms in total. The zero-order valence-corrected chi connectivity index (χ0v) is 9.86. The fourth-order valence-corrected chi connectivity index (χ4v) is 1.30. The van der Waals surface area contributed by atoms with E-state index in [-0.39, 0.29) is 0 Å². The lowest BCUT2D eigenvalue weighted by molar-refractivity contribution is 0.747. The molecule has 0 aliphatic heterocycles. The quantitative estimate of drug-likeness (QED) is 0.743. The Hall–Kier alpha value is -1.35. The first-order valence-electron chi connectivity index (χ1n) is 4.90. The van der Waals surface area contributed by atoms with Gasteiger partial charge in [-0.25, -0.2) is 0 Å². The van der Waals surface area contributed by atoms with Crippen molar-refractivity contribution in [1.82, 2.24) is 15.0 Å². The molecule has 2 rings (SSSR count). The molecule has 0 aliphatic carbocycles. The molecule has 0 radical (unpaired) electrons. The third-order valence-electron chi connectivity index (χ3n) is 1.81. The molecule has 1 heterocycles. The van der Waals surface area contributed by atoms with Crippen LogP contribution in [0.15, 0.2) is 30.6 Å². The average Bonchev–Trinajstić information content (AvgIpc) is 2.78. The normalized spacial score (nSPS) is 9.33. The van der Waals surface area contributed by atoms with Crippen molar-refractivity contribution in [2.75, 3.05) is 0 Å². The van der Waals surface area contributed by atoms with E-state index in [2.05, 4.69) is 10.2 Å². The molecule has 4 heteroatoms. The van der Waals surface area contributed by atoms with Crippen LogP contribution in [-0.4, -0.2) is 15.0 Å². The van der Waals surface area contributed by atoms with Crippen molar-refractivity contribution >= 4 is 11.6 Å². The Morgan fingerprint density at radius 2 is 1.73 bits per heavy atom. The zero-order chi connectivity index (χ0) is 11.3. The highest BCUT2D eigenvalue weighted by Crippen LogP contribution is 2.17. The Labute approximate surface area is 94.7 Å². The van der Waals surface area contributed by atoms with Gasteiger partial charge in [-0.3, -0.25) is 0 Å². The largest absolute Gasteiger partial charge is 0.157 e. The third kappa shape index (κ3) is 2.80. The Morgan fingerprint density at radius 3 is 2.33 bits per heavy atom. The molecule has 0 unspecified atom stereocenters. The molecule has 1 aromatic heterocycles. The molecule has 0 bridgehead atoms. The van der Waals surface area contributed by atoms with Crippen LogP contribution in [0.5, 0.6) is 0 Å². The summed E-state index contributed by atoms with van der Waals surface area (Å²) in [6, 6.07) is 5.64. The summed E-state index contributed by atoms with van der Waals surface area (Å²) in [5.74, 6) is 0. The Kier molecular flexibility index (Phi) is 4.31. The van der Waals surface area contributed by atoms with Gasteiger partial charge >= 0.3 is 0 Å². The number of aryl methyl sites for hydroxylation is 1. The first-order valence-corrected chi connectivity index (χ1v) is 5.28. The van der Waals surface area contributed by atoms with Gasteiger partial charge in [0.15, 0.2) is 0 Å². The van der Waals surface area contributed by atoms with E-state index in [0.717, 1.165) is 11.3 Å². The average molecular weight is 224 g/mol. The molecule has 15 heavy (non-hydrogen) atoms. The van der Waals surface area contributed by atoms with Gasteiger partial charge in [0, 0.05) is 5.02 Å². The maximum atomic E-state index is 5.86. The summed E-state index contributed by atoms with van der Waals surface area (Å²) in [7, 11) is 0. The second-order valence-corrected chi connectivity index (χ2v) is 3.19. The number of rotatable bonds is 1. The highest BCUT2D eigenvalue weighted by atomic mass is 35.5. The fraction of sp³-hybridized carbons (Fsp3) is 0.273. The van der Waals surface area contributed by atoms with Crippen molar-refractivity contribution in [3.05, 3.63) is 41.2 Å². The molecule has 0 N–H and O–H groups in total. The lowest BCUT2D eigenvalue weighted by Gasteiger charge is -2.03. The molecule has 1 aromatic carbocycles. The molecule has 80 valence electrons. The number of hydrogen-bond acceptors (Lipinski definition) is 2. The van der Waals surface area contributed by atoms with Gasteiger partial charge in [0.2, 0.25) is 0 Å². The van der Waals surface area contributed by atoms with Gasteiger partial charge in [-0.15, -0.1) is 0 Å². The second kappa shape index (κ2) is 5.51. The van der Waals surface area contributed by atoms with Crippen LogP contribution >= 0.6 is 11.6 Å². The summed E-state index contributed by atoms with van der Waals surface area (Å²) in [6.45, 7) is 6.00. The standard InChI is InChI=1S/C9H8ClN3.C2H6/c1-7-2-3-8(10)6-9(7)13-11-4-5-12-13;1-2/h2-6H,1H3;1-2H3. The topological polar surface area (TPSA) is 30.7 Å². The molecular weight excluding hydrogens is 210 g/mol. The predicted molar refractivity (Wildman–Crippen MR) is 62.5 cm³/mol. The van der Waals surface area contributed by atoms with Crippen LogP contribution in [-0.2, 0) is 0 Å². The Bertz CT molecular complexity index is 410. The van der Waals surface area contributed by atoms with E-state index in [1.807, 2.05) is 39.0 Å². The van der Waals surface area contributed by atoms with E-state index in [1.165, 1.54) is 0 Å². The number of hydrogen-bond donors (Lipinski definition) is 0. The minimum atomic E-state index is 0.693. The fourth-order valence-electron chi connectivity index (χ4n) is 1.14. The summed E-state index contributed by atoms with van der Waals surface area (Å²) in [5.41, 5.74) is 2.01. The van der Waals surface area contributed by atoms with Gasteiger partial charge in [-0.2, -0.15) is 15.0 Å². The van der Waals surface area contributed by atoms with Gasteiger partial charge < -0.3 is 0 Å². The summed E-state index contributed by atoms with van der Waals surface area (Å²) < 4.78 is 0. The lowest BCUT2D eigenvalue weighted by atomic mass is 10.2. The maximum Gasteiger partial charge on any atom is 0.0900 e. The number of nitrogens with zero attached hydrogens (tertiary/aromatic N) is 3. The second-order valence-electron chi connectivity index (χ2n) is 2.75. The molecule has 0 spiro atoms. The first kappa shape index (κ1) is 11.7. The molecule has 0 saturated carbocycles. The minimum Gasteiger partial charge on any atom is -0.157 e.